The average molecular weight is 468 g/mol. The summed E-state index contributed by atoms with van der Waals surface area (Å²) in [5.74, 6) is 7.04. The van der Waals surface area contributed by atoms with Crippen molar-refractivity contribution >= 4 is 44.0 Å². The van der Waals surface area contributed by atoms with Crippen LogP contribution in [0.3, 0.4) is 0 Å². The number of halogens is 1. The lowest BCUT2D eigenvalue weighted by atomic mass is 10.2. The van der Waals surface area contributed by atoms with E-state index in [1.54, 1.807) is 23.9 Å². The number of hydrogen-bond acceptors (Lipinski definition) is 5. The number of benzene rings is 2. The number of hydrogen-bond donors (Lipinski definition) is 2. The first-order chi connectivity index (χ1) is 16.7. The maximum atomic E-state index is 14.8. The first-order valence-electron chi connectivity index (χ1n) is 11.3. The smallest absolute Gasteiger partial charge is 0.148 e. The molecule has 34 heavy (non-hydrogen) atoms. The molecule has 0 amide bonds. The lowest BCUT2D eigenvalue weighted by Crippen LogP contribution is -2.18. The highest BCUT2D eigenvalue weighted by Crippen LogP contribution is 2.31. The van der Waals surface area contributed by atoms with Crippen molar-refractivity contribution < 1.29 is 4.39 Å². The Bertz CT molecular complexity index is 1540. The van der Waals surface area contributed by atoms with E-state index in [4.69, 9.17) is 0 Å². The first-order valence-corrected chi connectivity index (χ1v) is 12.1. The molecule has 0 spiro atoms. The summed E-state index contributed by atoms with van der Waals surface area (Å²) in [5, 5.41) is 8.24. The normalized spacial score (nSPS) is 15.5. The topological polar surface area (TPSA) is 54.8 Å². The van der Waals surface area contributed by atoms with Crippen LogP contribution in [0.4, 0.5) is 15.9 Å². The lowest BCUT2D eigenvalue weighted by Gasteiger charge is -2.08. The molecule has 0 radical (unpaired) electrons. The SMILES string of the molecule is Fc1cn(Cc2ccccc2)c2ccc(Nc3ncnc4sc(C#C[C@H]5CCCN5)cc34)cc12. The Hall–Kier alpha value is -3.73. The van der Waals surface area contributed by atoms with Crippen molar-refractivity contribution in [1.29, 1.82) is 0 Å². The molecule has 1 fully saturated rings. The van der Waals surface area contributed by atoms with Crippen LogP contribution in [-0.4, -0.2) is 27.1 Å². The van der Waals surface area contributed by atoms with Crippen molar-refractivity contribution in [3.05, 3.63) is 83.4 Å². The van der Waals surface area contributed by atoms with Gasteiger partial charge in [0.1, 0.15) is 22.8 Å². The van der Waals surface area contributed by atoms with Gasteiger partial charge >= 0.3 is 0 Å². The van der Waals surface area contributed by atoms with Crippen LogP contribution < -0.4 is 10.6 Å². The van der Waals surface area contributed by atoms with Gasteiger partial charge in [-0.2, -0.15) is 0 Å². The molecule has 0 unspecified atom stereocenters. The fourth-order valence-corrected chi connectivity index (χ4v) is 5.22. The fraction of sp³-hybridized carbons (Fsp3) is 0.185. The molecule has 3 aromatic heterocycles. The van der Waals surface area contributed by atoms with Crippen LogP contribution in [0.5, 0.6) is 0 Å². The van der Waals surface area contributed by atoms with E-state index in [0.29, 0.717) is 17.7 Å². The van der Waals surface area contributed by atoms with Crippen LogP contribution in [0, 0.1) is 17.7 Å². The number of rotatable bonds is 4. The highest BCUT2D eigenvalue weighted by atomic mass is 32.1. The summed E-state index contributed by atoms with van der Waals surface area (Å²) in [6.07, 6.45) is 5.38. The number of nitrogens with zero attached hydrogens (tertiary/aromatic N) is 3. The Morgan fingerprint density at radius 3 is 2.88 bits per heavy atom. The predicted molar refractivity (Wildman–Crippen MR) is 136 cm³/mol. The third-order valence-corrected chi connectivity index (χ3v) is 7.01. The third kappa shape index (κ3) is 4.14. The Balaban J connectivity index is 1.28. The molecule has 1 saturated heterocycles. The number of aromatic nitrogens is 3. The van der Waals surface area contributed by atoms with Crippen LogP contribution >= 0.6 is 11.3 Å². The van der Waals surface area contributed by atoms with Crippen LogP contribution in [0.25, 0.3) is 21.1 Å². The molecule has 1 aliphatic heterocycles. The maximum Gasteiger partial charge on any atom is 0.148 e. The van der Waals surface area contributed by atoms with Crippen molar-refractivity contribution in [3.8, 4) is 11.8 Å². The van der Waals surface area contributed by atoms with Gasteiger partial charge in [-0.15, -0.1) is 11.3 Å². The van der Waals surface area contributed by atoms with Crippen molar-refractivity contribution in [2.45, 2.75) is 25.4 Å². The molecule has 5 nitrogen and oxygen atoms in total. The molecule has 4 heterocycles. The van der Waals surface area contributed by atoms with E-state index in [1.165, 1.54) is 6.42 Å². The summed E-state index contributed by atoms with van der Waals surface area (Å²) < 4.78 is 16.7. The van der Waals surface area contributed by atoms with E-state index < -0.39 is 0 Å². The van der Waals surface area contributed by atoms with Gasteiger partial charge in [0, 0.05) is 23.8 Å². The van der Waals surface area contributed by atoms with Gasteiger partial charge in [0.15, 0.2) is 0 Å². The number of anilines is 2. The quantitative estimate of drug-likeness (QED) is 0.334. The summed E-state index contributed by atoms with van der Waals surface area (Å²) in [4.78, 5) is 10.7. The molecule has 6 rings (SSSR count). The van der Waals surface area contributed by atoms with Crippen LogP contribution in [0.2, 0.25) is 0 Å². The van der Waals surface area contributed by atoms with E-state index in [9.17, 15) is 4.39 Å². The Morgan fingerprint density at radius 2 is 2.03 bits per heavy atom. The minimum atomic E-state index is -0.240. The molecule has 1 atom stereocenters. The van der Waals surface area contributed by atoms with E-state index in [0.717, 1.165) is 44.8 Å². The maximum absolute atomic E-state index is 14.8. The molecule has 168 valence electrons. The summed E-state index contributed by atoms with van der Waals surface area (Å²) in [6, 6.07) is 18.1. The summed E-state index contributed by atoms with van der Waals surface area (Å²) in [5.41, 5.74) is 2.76. The van der Waals surface area contributed by atoms with Crippen LogP contribution in [-0.2, 0) is 6.54 Å². The molecule has 2 aromatic carbocycles. The Morgan fingerprint density at radius 1 is 1.12 bits per heavy atom. The zero-order valence-corrected chi connectivity index (χ0v) is 19.2. The Kier molecular flexibility index (Phi) is 5.46. The van der Waals surface area contributed by atoms with E-state index in [2.05, 4.69) is 32.4 Å². The first kappa shape index (κ1) is 20.8. The van der Waals surface area contributed by atoms with Gasteiger partial charge < -0.3 is 15.2 Å². The van der Waals surface area contributed by atoms with Crippen LogP contribution in [0.1, 0.15) is 23.3 Å². The minimum Gasteiger partial charge on any atom is -0.340 e. The standard InChI is InChI=1S/C27H22FN5S/c28-24-16-33(15-18-5-2-1-3-6-18)25-11-9-20(13-22(24)25)32-26-23-14-21(34-27(23)31-17-30-26)10-8-19-7-4-12-29-19/h1-3,5-6,9,11,13-14,16-17,19,29H,4,7,12,15H2,(H,30,31,32)/t19-/m1/s1. The second kappa shape index (κ2) is 8.90. The van der Waals surface area contributed by atoms with E-state index >= 15 is 0 Å². The van der Waals surface area contributed by atoms with Gasteiger partial charge in [0.05, 0.1) is 21.8 Å². The molecule has 5 aromatic rings. The van der Waals surface area contributed by atoms with Gasteiger partial charge in [-0.1, -0.05) is 42.2 Å². The average Bonchev–Trinajstić information content (AvgIpc) is 3.59. The van der Waals surface area contributed by atoms with Gasteiger partial charge in [-0.3, -0.25) is 0 Å². The molecule has 0 aliphatic carbocycles. The Labute approximate surface area is 200 Å². The molecule has 0 bridgehead atoms. The second-order valence-corrected chi connectivity index (χ2v) is 9.45. The third-order valence-electron chi connectivity index (χ3n) is 6.05. The van der Waals surface area contributed by atoms with Crippen LogP contribution in [0.15, 0.2) is 67.1 Å². The molecule has 2 N–H and O–H groups in total. The van der Waals surface area contributed by atoms with E-state index in [-0.39, 0.29) is 11.9 Å². The largest absolute Gasteiger partial charge is 0.340 e. The van der Waals surface area contributed by atoms with Crippen molar-refractivity contribution in [2.24, 2.45) is 0 Å². The molecular weight excluding hydrogens is 445 g/mol. The highest BCUT2D eigenvalue weighted by molar-refractivity contribution is 7.19. The van der Waals surface area contributed by atoms with Crippen molar-refractivity contribution in [2.75, 3.05) is 11.9 Å². The minimum absolute atomic E-state index is 0.240. The van der Waals surface area contributed by atoms with Gasteiger partial charge in [0.25, 0.3) is 0 Å². The van der Waals surface area contributed by atoms with Gasteiger partial charge in [-0.25, -0.2) is 14.4 Å². The number of fused-ring (bicyclic) bond motifs is 2. The predicted octanol–water partition coefficient (Wildman–Crippen LogP) is 5.68. The summed E-state index contributed by atoms with van der Waals surface area (Å²) in [6.45, 7) is 1.65. The monoisotopic (exact) mass is 467 g/mol. The molecule has 7 heteroatoms. The number of nitrogens with one attached hydrogen (secondary N) is 2. The van der Waals surface area contributed by atoms with Crippen molar-refractivity contribution in [3.63, 3.8) is 0 Å². The van der Waals surface area contributed by atoms with Crippen molar-refractivity contribution in [1.82, 2.24) is 19.9 Å². The zero-order chi connectivity index (χ0) is 22.9. The molecular formula is C27H22FN5S. The molecule has 1 aliphatic rings. The lowest BCUT2D eigenvalue weighted by molar-refractivity contribution is 0.629. The van der Waals surface area contributed by atoms with Gasteiger partial charge in [0.2, 0.25) is 0 Å². The summed E-state index contributed by atoms with van der Waals surface area (Å²) in [7, 11) is 0. The molecule has 0 saturated carbocycles. The fourth-order valence-electron chi connectivity index (χ4n) is 4.36. The highest BCUT2D eigenvalue weighted by Gasteiger charge is 2.13. The van der Waals surface area contributed by atoms with E-state index in [1.807, 2.05) is 59.2 Å². The second-order valence-electron chi connectivity index (χ2n) is 8.42. The zero-order valence-electron chi connectivity index (χ0n) is 18.4. The summed E-state index contributed by atoms with van der Waals surface area (Å²) >= 11 is 1.56. The van der Waals surface area contributed by atoms with Gasteiger partial charge in [-0.05, 0) is 49.2 Å². The number of thiophene rings is 1.